The Morgan fingerprint density at radius 1 is 1.00 bits per heavy atom. The van der Waals surface area contributed by atoms with Crippen molar-refractivity contribution in [3.05, 3.63) is 22.7 Å². The van der Waals surface area contributed by atoms with Gasteiger partial charge in [0.1, 0.15) is 10.7 Å². The molecule has 0 saturated carbocycles. The highest BCUT2D eigenvalue weighted by molar-refractivity contribution is 6.33. The fourth-order valence-electron chi connectivity index (χ4n) is 3.27. The number of hydrazine groups is 2. The molecule has 0 aliphatic heterocycles. The lowest BCUT2D eigenvalue weighted by Crippen LogP contribution is -2.48. The van der Waals surface area contributed by atoms with Gasteiger partial charge in [-0.15, -0.1) is 0 Å². The SMILES string of the molecule is CC(C)C[C@H](NN)C(=O)CC(=O)[C@H](C)NCC(=O)[C@H](CCCCN)NNc1c(F)c(F)nc(F)c1Cl. The van der Waals surface area contributed by atoms with Gasteiger partial charge in [-0.25, -0.2) is 10.9 Å². The molecule has 8 N–H and O–H groups in total. The molecule has 0 spiro atoms. The molecule has 1 rings (SSSR count). The van der Waals surface area contributed by atoms with Gasteiger partial charge in [0.05, 0.1) is 31.1 Å². The number of nitrogens with zero attached hydrogens (tertiary/aromatic N) is 1. The molecule has 0 bridgehead atoms. The van der Waals surface area contributed by atoms with Gasteiger partial charge in [-0.05, 0) is 38.6 Å². The third-order valence-corrected chi connectivity index (χ3v) is 5.76. The molecule has 10 nitrogen and oxygen atoms in total. The van der Waals surface area contributed by atoms with E-state index in [2.05, 4.69) is 26.6 Å². The number of pyridine rings is 1. The van der Waals surface area contributed by atoms with Gasteiger partial charge in [-0.2, -0.15) is 18.2 Å². The highest BCUT2D eigenvalue weighted by atomic mass is 35.5. The summed E-state index contributed by atoms with van der Waals surface area (Å²) in [5.74, 6) is -0.225. The number of hydrogen-bond acceptors (Lipinski definition) is 10. The number of ketones is 3. The van der Waals surface area contributed by atoms with Crippen LogP contribution in [0.3, 0.4) is 0 Å². The largest absolute Gasteiger partial charge is 0.330 e. The van der Waals surface area contributed by atoms with Crippen LogP contribution in [0.15, 0.2) is 0 Å². The minimum absolute atomic E-state index is 0.194. The molecular weight excluding hydrogens is 503 g/mol. The van der Waals surface area contributed by atoms with Crippen molar-refractivity contribution in [1.29, 1.82) is 0 Å². The Kier molecular flexibility index (Phi) is 14.0. The zero-order chi connectivity index (χ0) is 27.4. The quantitative estimate of drug-likeness (QED) is 0.0531. The maximum atomic E-state index is 14.0. The number of halogens is 4. The predicted octanol–water partition coefficient (Wildman–Crippen LogP) is 1.52. The zero-order valence-electron chi connectivity index (χ0n) is 20.6. The standard InChI is InChI=1S/C22H35ClF3N7O3/c1-11(2)8-14(31-28)16(35)9-15(34)12(3)29-10-17(36)13(6-4-5-7-27)32-33-20-18(23)21(25)30-22(26)19(20)24/h11-14,29,31-32H,4-10,27-28H2,1-3H3,(H,30,33)/t12-,13-,14-/m0/s1. The first-order chi connectivity index (χ1) is 16.9. The van der Waals surface area contributed by atoms with Crippen molar-refractivity contribution >= 4 is 34.6 Å². The van der Waals surface area contributed by atoms with E-state index in [-0.39, 0.29) is 31.1 Å². The van der Waals surface area contributed by atoms with E-state index in [1.54, 1.807) is 0 Å². The minimum atomic E-state index is -1.70. The van der Waals surface area contributed by atoms with Crippen molar-refractivity contribution in [2.45, 2.75) is 71.0 Å². The smallest absolute Gasteiger partial charge is 0.253 e. The molecule has 1 heterocycles. The summed E-state index contributed by atoms with van der Waals surface area (Å²) in [4.78, 5) is 40.3. The number of anilines is 1. The Labute approximate surface area is 213 Å². The molecule has 0 radical (unpaired) electrons. The maximum Gasteiger partial charge on any atom is 0.253 e. The van der Waals surface area contributed by atoms with E-state index in [9.17, 15) is 27.6 Å². The third kappa shape index (κ3) is 10.1. The van der Waals surface area contributed by atoms with E-state index in [1.165, 1.54) is 6.92 Å². The number of carbonyl (C=O) groups excluding carboxylic acids is 3. The predicted molar refractivity (Wildman–Crippen MR) is 130 cm³/mol. The fourth-order valence-corrected chi connectivity index (χ4v) is 3.44. The Morgan fingerprint density at radius 2 is 1.67 bits per heavy atom. The van der Waals surface area contributed by atoms with Crippen LogP contribution in [0.5, 0.6) is 0 Å². The van der Waals surface area contributed by atoms with Gasteiger partial charge >= 0.3 is 0 Å². The summed E-state index contributed by atoms with van der Waals surface area (Å²) in [5.41, 5.74) is 12.0. The molecule has 0 unspecified atom stereocenters. The minimum Gasteiger partial charge on any atom is -0.330 e. The van der Waals surface area contributed by atoms with Crippen LogP contribution in [0.1, 0.15) is 52.9 Å². The van der Waals surface area contributed by atoms with E-state index in [0.29, 0.717) is 25.8 Å². The van der Waals surface area contributed by atoms with Crippen LogP contribution in [0.25, 0.3) is 0 Å². The Balaban J connectivity index is 2.77. The van der Waals surface area contributed by atoms with Gasteiger partial charge in [-0.3, -0.25) is 20.2 Å². The molecule has 0 fully saturated rings. The lowest BCUT2D eigenvalue weighted by Gasteiger charge is -2.21. The highest BCUT2D eigenvalue weighted by Crippen LogP contribution is 2.27. The van der Waals surface area contributed by atoms with Crippen LogP contribution >= 0.6 is 11.6 Å². The van der Waals surface area contributed by atoms with Crippen LogP contribution in [0, 0.1) is 23.6 Å². The summed E-state index contributed by atoms with van der Waals surface area (Å²) in [6.07, 6.45) is 1.47. The number of unbranched alkanes of at least 4 members (excludes halogenated alkanes) is 1. The Hall–Kier alpha value is -2.16. The van der Waals surface area contributed by atoms with Gasteiger partial charge < -0.3 is 16.5 Å². The molecule has 204 valence electrons. The number of nitrogens with one attached hydrogen (secondary N) is 4. The number of hydrogen-bond donors (Lipinski definition) is 6. The van der Waals surface area contributed by atoms with Gasteiger partial charge in [0.15, 0.2) is 17.3 Å². The summed E-state index contributed by atoms with van der Waals surface area (Å²) in [6, 6.07) is -2.41. The van der Waals surface area contributed by atoms with Crippen molar-refractivity contribution in [3.63, 3.8) is 0 Å². The second-order valence-corrected chi connectivity index (χ2v) is 9.21. The number of rotatable bonds is 18. The van der Waals surface area contributed by atoms with Crippen molar-refractivity contribution < 1.29 is 27.6 Å². The molecule has 1 aromatic heterocycles. The van der Waals surface area contributed by atoms with Crippen molar-refractivity contribution in [1.82, 2.24) is 21.2 Å². The van der Waals surface area contributed by atoms with E-state index in [4.69, 9.17) is 23.2 Å². The fraction of sp³-hybridized carbons (Fsp3) is 0.636. The first kappa shape index (κ1) is 31.9. The van der Waals surface area contributed by atoms with Crippen LogP contribution < -0.4 is 33.2 Å². The lowest BCUT2D eigenvalue weighted by molar-refractivity contribution is -0.129. The van der Waals surface area contributed by atoms with E-state index < -0.39 is 58.1 Å². The molecule has 1 aromatic rings. The molecule has 0 aromatic carbocycles. The summed E-state index contributed by atoms with van der Waals surface area (Å²) in [7, 11) is 0. The van der Waals surface area contributed by atoms with Gasteiger partial charge in [-0.1, -0.05) is 31.9 Å². The van der Waals surface area contributed by atoms with Crippen LogP contribution in [0.4, 0.5) is 18.9 Å². The first-order valence-corrected chi connectivity index (χ1v) is 12.0. The van der Waals surface area contributed by atoms with Gasteiger partial charge in [0, 0.05) is 0 Å². The third-order valence-electron chi connectivity index (χ3n) is 5.42. The van der Waals surface area contributed by atoms with Crippen molar-refractivity contribution in [2.24, 2.45) is 17.5 Å². The van der Waals surface area contributed by atoms with E-state index >= 15 is 0 Å². The lowest BCUT2D eigenvalue weighted by atomic mass is 9.96. The maximum absolute atomic E-state index is 14.0. The van der Waals surface area contributed by atoms with E-state index in [1.807, 2.05) is 13.8 Å². The summed E-state index contributed by atoms with van der Waals surface area (Å²) < 4.78 is 41.1. The van der Waals surface area contributed by atoms with Gasteiger partial charge in [0.25, 0.3) is 5.95 Å². The summed E-state index contributed by atoms with van der Waals surface area (Å²) >= 11 is 5.66. The molecular formula is C22H35ClF3N7O3. The summed E-state index contributed by atoms with van der Waals surface area (Å²) in [5, 5.41) is 1.98. The highest BCUT2D eigenvalue weighted by Gasteiger charge is 2.26. The van der Waals surface area contributed by atoms with Gasteiger partial charge in [0.2, 0.25) is 11.8 Å². The molecule has 36 heavy (non-hydrogen) atoms. The second kappa shape index (κ2) is 15.8. The number of nitrogens with two attached hydrogens (primary N) is 2. The second-order valence-electron chi connectivity index (χ2n) is 8.83. The first-order valence-electron chi connectivity index (χ1n) is 11.6. The molecule has 0 aliphatic carbocycles. The Bertz CT molecular complexity index is 882. The van der Waals surface area contributed by atoms with Crippen molar-refractivity contribution in [3.8, 4) is 0 Å². The molecule has 3 atom stereocenters. The number of Topliss-reactive ketones (excluding diaryl/α,β-unsaturated/α-hetero) is 3. The molecule has 14 heteroatoms. The average Bonchev–Trinajstić information content (AvgIpc) is 2.82. The van der Waals surface area contributed by atoms with Crippen molar-refractivity contribution in [2.75, 3.05) is 18.5 Å². The number of aromatic nitrogens is 1. The summed E-state index contributed by atoms with van der Waals surface area (Å²) in [6.45, 7) is 5.47. The topological polar surface area (TPSA) is 164 Å². The monoisotopic (exact) mass is 537 g/mol. The van der Waals surface area contributed by atoms with Crippen LogP contribution in [-0.4, -0.2) is 53.5 Å². The molecule has 0 aliphatic rings. The van der Waals surface area contributed by atoms with E-state index in [0.717, 1.165) is 0 Å². The van der Waals surface area contributed by atoms with Crippen LogP contribution in [0.2, 0.25) is 5.02 Å². The number of carbonyl (C=O) groups is 3. The molecule has 0 saturated heterocycles. The zero-order valence-corrected chi connectivity index (χ0v) is 21.4. The average molecular weight is 538 g/mol. The molecule has 0 amide bonds. The Morgan fingerprint density at radius 3 is 2.25 bits per heavy atom. The normalized spacial score (nSPS) is 13.9. The van der Waals surface area contributed by atoms with Crippen LogP contribution in [-0.2, 0) is 14.4 Å².